The molecule has 0 aromatic rings. The first kappa shape index (κ1) is 37.9. The van der Waals surface area contributed by atoms with Crippen molar-refractivity contribution in [3.63, 3.8) is 0 Å². The van der Waals surface area contributed by atoms with E-state index in [2.05, 4.69) is 22.5 Å². The number of rotatable bonds is 17. The summed E-state index contributed by atoms with van der Waals surface area (Å²) < 4.78 is 0. The van der Waals surface area contributed by atoms with Crippen molar-refractivity contribution in [1.82, 2.24) is 35.6 Å². The third-order valence-electron chi connectivity index (χ3n) is 6.40. The number of ketones is 1. The Kier molecular flexibility index (Phi) is 17.8. The van der Waals surface area contributed by atoms with Gasteiger partial charge in [0.15, 0.2) is 0 Å². The Labute approximate surface area is 254 Å². The third-order valence-corrected chi connectivity index (χ3v) is 6.40. The second-order valence-corrected chi connectivity index (χ2v) is 10.1. The average Bonchev–Trinajstić information content (AvgIpc) is 2.93. The second-order valence-electron chi connectivity index (χ2n) is 10.1. The number of carboxylic acid groups (broad SMARTS) is 3. The zero-order valence-electron chi connectivity index (χ0n) is 24.5. The van der Waals surface area contributed by atoms with Gasteiger partial charge in [-0.3, -0.25) is 38.8 Å². The highest BCUT2D eigenvalue weighted by molar-refractivity contribution is 5.83. The Hall–Kier alpha value is -4.13. The fourth-order valence-electron chi connectivity index (χ4n) is 4.11. The molecule has 3 amide bonds. The van der Waals surface area contributed by atoms with Crippen LogP contribution in [0.1, 0.15) is 12.8 Å². The van der Waals surface area contributed by atoms with Gasteiger partial charge >= 0.3 is 0 Å². The summed E-state index contributed by atoms with van der Waals surface area (Å²) in [5, 5.41) is 50.1. The molecule has 248 valence electrons. The van der Waals surface area contributed by atoms with Gasteiger partial charge in [-0.15, -0.1) is 12.3 Å². The third kappa shape index (κ3) is 19.1. The van der Waals surface area contributed by atoms with Gasteiger partial charge in [-0.1, -0.05) is 0 Å². The second kappa shape index (κ2) is 20.7. The maximum absolute atomic E-state index is 12.6. The molecule has 0 aromatic heterocycles. The molecule has 1 fully saturated rings. The minimum absolute atomic E-state index is 0.0154. The van der Waals surface area contributed by atoms with Crippen LogP contribution in [-0.4, -0.2) is 159 Å². The summed E-state index contributed by atoms with van der Waals surface area (Å²) in [7, 11) is 0. The summed E-state index contributed by atoms with van der Waals surface area (Å²) >= 11 is 0. The molecular formula is C26H39N7O11-4. The van der Waals surface area contributed by atoms with E-state index in [1.165, 1.54) is 0 Å². The Bertz CT molecular complexity index is 864. The molecule has 1 aliphatic heterocycles. The number of carbonyl (C=O) groups excluding carboxylic acids is 7. The molecule has 1 saturated heterocycles. The van der Waals surface area contributed by atoms with Gasteiger partial charge in [-0.25, -0.2) is 0 Å². The van der Waals surface area contributed by atoms with Crippen molar-refractivity contribution in [2.75, 3.05) is 98.2 Å². The molecule has 44 heavy (non-hydrogen) atoms. The average molecular weight is 626 g/mol. The molecule has 0 aliphatic carbocycles. The summed E-state index contributed by atoms with van der Waals surface area (Å²) in [4.78, 5) is 88.7. The van der Waals surface area contributed by atoms with E-state index >= 15 is 0 Å². The van der Waals surface area contributed by atoms with Gasteiger partial charge < -0.3 is 50.8 Å². The number of allylic oxidation sites excluding steroid dienone is 1. The van der Waals surface area contributed by atoms with Crippen LogP contribution in [0.25, 0.3) is 0 Å². The molecule has 18 heteroatoms. The minimum atomic E-state index is -1.48. The number of nitrogens with zero attached hydrogens (tertiary/aromatic N) is 4. The first-order chi connectivity index (χ1) is 20.7. The van der Waals surface area contributed by atoms with Crippen LogP contribution in [0.2, 0.25) is 0 Å². The molecule has 0 unspecified atom stereocenters. The van der Waals surface area contributed by atoms with E-state index in [1.54, 1.807) is 19.6 Å². The highest BCUT2D eigenvalue weighted by atomic mass is 16.4. The molecule has 0 aromatic carbocycles. The molecular weight excluding hydrogens is 586 g/mol. The van der Waals surface area contributed by atoms with E-state index in [4.69, 9.17) is 0 Å². The highest BCUT2D eigenvalue weighted by Gasteiger charge is 2.21. The maximum Gasteiger partial charge on any atom is 0.234 e. The molecule has 0 radical (unpaired) electrons. The Morgan fingerprint density at radius 1 is 0.477 bits per heavy atom. The van der Waals surface area contributed by atoms with Crippen molar-refractivity contribution < 1.29 is 54.0 Å². The first-order valence-electron chi connectivity index (χ1n) is 13.9. The molecule has 0 saturated carbocycles. The summed E-state index contributed by atoms with van der Waals surface area (Å²) in [6.07, 6.45) is -0.0347. The Morgan fingerprint density at radius 3 is 1.00 bits per heavy atom. The van der Waals surface area contributed by atoms with Gasteiger partial charge in [-0.05, 0) is 6.42 Å². The molecule has 3 N–H and O–H groups in total. The van der Waals surface area contributed by atoms with Crippen LogP contribution in [0.5, 0.6) is 0 Å². The van der Waals surface area contributed by atoms with Crippen LogP contribution in [-0.2, 0) is 33.6 Å². The molecule has 0 atom stereocenters. The largest absolute Gasteiger partial charge is 0.876 e. The van der Waals surface area contributed by atoms with Crippen LogP contribution in [0.15, 0.2) is 12.3 Å². The summed E-state index contributed by atoms with van der Waals surface area (Å²) in [5.41, 5.74) is 0. The topological polar surface area (TPSA) is 261 Å². The van der Waals surface area contributed by atoms with Crippen molar-refractivity contribution in [2.45, 2.75) is 12.8 Å². The van der Waals surface area contributed by atoms with E-state index in [0.717, 1.165) is 0 Å². The smallest absolute Gasteiger partial charge is 0.234 e. The zero-order valence-corrected chi connectivity index (χ0v) is 24.5. The van der Waals surface area contributed by atoms with Crippen molar-refractivity contribution in [3.8, 4) is 0 Å². The van der Waals surface area contributed by atoms with Gasteiger partial charge in [0.05, 0.1) is 63.7 Å². The van der Waals surface area contributed by atoms with Crippen LogP contribution < -0.4 is 36.4 Å². The molecule has 0 spiro atoms. The number of carboxylic acids is 3. The summed E-state index contributed by atoms with van der Waals surface area (Å²) in [6.45, 7) is 2.31. The van der Waals surface area contributed by atoms with E-state index in [9.17, 15) is 54.0 Å². The SMILES string of the molecule is C=C([O-])CCC(=O)CN1CCN(CC(=O)NCC(=O)[O-])CCN(CC(=O)NCC(=O)[O-])CCN(CC(=O)NCC(=O)[O-])CC1. The predicted molar refractivity (Wildman–Crippen MR) is 143 cm³/mol. The van der Waals surface area contributed by atoms with Crippen molar-refractivity contribution in [3.05, 3.63) is 12.3 Å². The number of nitrogens with one attached hydrogen (secondary N) is 3. The zero-order chi connectivity index (χ0) is 33.1. The number of hydrogen-bond acceptors (Lipinski definition) is 15. The van der Waals surface area contributed by atoms with E-state index in [-0.39, 0.29) is 103 Å². The van der Waals surface area contributed by atoms with E-state index in [0.29, 0.717) is 0 Å². The number of amides is 3. The van der Waals surface area contributed by atoms with Crippen molar-refractivity contribution >= 4 is 41.4 Å². The van der Waals surface area contributed by atoms with Gasteiger partial charge in [0.1, 0.15) is 5.78 Å². The van der Waals surface area contributed by atoms with Gasteiger partial charge in [-0.2, -0.15) is 0 Å². The van der Waals surface area contributed by atoms with Gasteiger partial charge in [0.2, 0.25) is 17.7 Å². The van der Waals surface area contributed by atoms with Crippen molar-refractivity contribution in [2.24, 2.45) is 0 Å². The highest BCUT2D eigenvalue weighted by Crippen LogP contribution is 2.04. The Morgan fingerprint density at radius 2 is 0.750 bits per heavy atom. The van der Waals surface area contributed by atoms with E-state index in [1.807, 2.05) is 0 Å². The van der Waals surface area contributed by atoms with Crippen LogP contribution in [0, 0.1) is 0 Å². The van der Waals surface area contributed by atoms with Crippen LogP contribution >= 0.6 is 0 Å². The number of carbonyl (C=O) groups is 7. The van der Waals surface area contributed by atoms with Gasteiger partial charge in [0, 0.05) is 58.8 Å². The fourth-order valence-corrected chi connectivity index (χ4v) is 4.11. The lowest BCUT2D eigenvalue weighted by Gasteiger charge is -2.33. The molecule has 1 aliphatic rings. The quantitative estimate of drug-likeness (QED) is 0.127. The fraction of sp³-hybridized carbons (Fsp3) is 0.654. The normalized spacial score (nSPS) is 16.1. The molecule has 1 rings (SSSR count). The van der Waals surface area contributed by atoms with E-state index < -0.39 is 55.3 Å². The van der Waals surface area contributed by atoms with Gasteiger partial charge in [0.25, 0.3) is 0 Å². The molecule has 1 heterocycles. The van der Waals surface area contributed by atoms with Crippen LogP contribution in [0.4, 0.5) is 0 Å². The molecule has 0 bridgehead atoms. The lowest BCUT2D eigenvalue weighted by atomic mass is 10.2. The predicted octanol–water partition coefficient (Wildman–Crippen LogP) is -8.97. The number of aliphatic carboxylic acids is 3. The summed E-state index contributed by atoms with van der Waals surface area (Å²) in [5.74, 6) is -6.81. The first-order valence-corrected chi connectivity index (χ1v) is 13.9. The monoisotopic (exact) mass is 625 g/mol. The maximum atomic E-state index is 12.6. The lowest BCUT2D eigenvalue weighted by Crippen LogP contribution is -2.52. The summed E-state index contributed by atoms with van der Waals surface area (Å²) in [6, 6.07) is 0. The lowest BCUT2D eigenvalue weighted by molar-refractivity contribution is -0.306. The number of hydrogen-bond donors (Lipinski definition) is 3. The van der Waals surface area contributed by atoms with Crippen molar-refractivity contribution in [1.29, 1.82) is 0 Å². The molecule has 18 nitrogen and oxygen atoms in total. The standard InChI is InChI=1S/C26H43N7O11/c1-19(34)2-3-20(35)15-30-4-6-31(16-21(36)27-12-24(39)40)8-10-33(18-23(38)29-14-26(43)44)11-9-32(7-5-30)17-22(37)28-13-25(41)42/h34H,1-18H2,(H,27,36)(H,28,37)(H,29,38)(H,39,40)(H,41,42)(H,43,44)/p-4. The number of Topliss-reactive ketones (excluding diaryl/α,β-unsaturated/α-hetero) is 1. The minimum Gasteiger partial charge on any atom is -0.876 e. The Balaban J connectivity index is 3.13. The van der Waals surface area contributed by atoms with Crippen LogP contribution in [0.3, 0.4) is 0 Å².